The molecule has 0 radical (unpaired) electrons. The van der Waals surface area contributed by atoms with Crippen molar-refractivity contribution in [3.05, 3.63) is 60.0 Å². The molecule has 2 aromatic heterocycles. The molecule has 5 nitrogen and oxygen atoms in total. The van der Waals surface area contributed by atoms with E-state index in [9.17, 15) is 4.79 Å². The lowest BCUT2D eigenvalue weighted by atomic mass is 10.2. The number of aromatic nitrogens is 3. The first-order valence-corrected chi connectivity index (χ1v) is 7.69. The van der Waals surface area contributed by atoms with Crippen molar-refractivity contribution in [2.75, 3.05) is 6.26 Å². The number of carbonyl (C=O) groups is 1. The number of rotatable bonds is 4. The minimum absolute atomic E-state index is 0.112. The highest BCUT2D eigenvalue weighted by Crippen LogP contribution is 2.14. The van der Waals surface area contributed by atoms with Crippen LogP contribution in [-0.4, -0.2) is 26.8 Å². The maximum absolute atomic E-state index is 12.1. The van der Waals surface area contributed by atoms with Crippen LogP contribution in [0, 0.1) is 0 Å². The third-order valence-corrected chi connectivity index (χ3v) is 3.91. The number of thioether (sulfide) groups is 1. The SMILES string of the molecule is CSc1ccc(CNC(=O)c2ccc3nncn3c2)cc1. The van der Waals surface area contributed by atoms with E-state index in [-0.39, 0.29) is 5.91 Å². The smallest absolute Gasteiger partial charge is 0.253 e. The molecule has 21 heavy (non-hydrogen) atoms. The first-order chi connectivity index (χ1) is 10.3. The lowest BCUT2D eigenvalue weighted by molar-refractivity contribution is 0.0950. The molecule has 0 saturated heterocycles. The van der Waals surface area contributed by atoms with Gasteiger partial charge in [0.1, 0.15) is 6.33 Å². The van der Waals surface area contributed by atoms with E-state index in [4.69, 9.17) is 0 Å². The zero-order chi connectivity index (χ0) is 14.7. The average molecular weight is 298 g/mol. The summed E-state index contributed by atoms with van der Waals surface area (Å²) in [6.07, 6.45) is 5.34. The van der Waals surface area contributed by atoms with Crippen LogP contribution < -0.4 is 5.32 Å². The lowest BCUT2D eigenvalue weighted by Gasteiger charge is -2.06. The van der Waals surface area contributed by atoms with Crippen molar-refractivity contribution < 1.29 is 4.79 Å². The Balaban J connectivity index is 1.67. The van der Waals surface area contributed by atoms with Gasteiger partial charge in [0.25, 0.3) is 5.91 Å². The molecule has 1 amide bonds. The van der Waals surface area contributed by atoms with Crippen LogP contribution in [0.25, 0.3) is 5.65 Å². The molecule has 1 N–H and O–H groups in total. The molecule has 0 bridgehead atoms. The lowest BCUT2D eigenvalue weighted by Crippen LogP contribution is -2.23. The van der Waals surface area contributed by atoms with Crippen molar-refractivity contribution in [2.45, 2.75) is 11.4 Å². The molecule has 6 heteroatoms. The number of nitrogens with one attached hydrogen (secondary N) is 1. The second-order valence-electron chi connectivity index (χ2n) is 4.54. The van der Waals surface area contributed by atoms with Crippen molar-refractivity contribution >= 4 is 23.3 Å². The maximum atomic E-state index is 12.1. The summed E-state index contributed by atoms with van der Waals surface area (Å²) in [5, 5.41) is 10.6. The Bertz CT molecular complexity index is 767. The molecule has 106 valence electrons. The predicted octanol–water partition coefficient (Wildman–Crippen LogP) is 2.38. The van der Waals surface area contributed by atoms with E-state index in [1.165, 1.54) is 4.90 Å². The van der Waals surface area contributed by atoms with E-state index in [1.54, 1.807) is 40.8 Å². The van der Waals surface area contributed by atoms with E-state index in [0.717, 1.165) is 11.2 Å². The molecular weight excluding hydrogens is 284 g/mol. The Morgan fingerprint density at radius 1 is 1.24 bits per heavy atom. The second kappa shape index (κ2) is 5.97. The summed E-state index contributed by atoms with van der Waals surface area (Å²) in [5.41, 5.74) is 2.38. The van der Waals surface area contributed by atoms with Crippen LogP contribution >= 0.6 is 11.8 Å². The molecule has 0 aliphatic heterocycles. The fraction of sp³-hybridized carbons (Fsp3) is 0.133. The summed E-state index contributed by atoms with van der Waals surface area (Å²) >= 11 is 1.70. The topological polar surface area (TPSA) is 59.3 Å². The van der Waals surface area contributed by atoms with Gasteiger partial charge in [0, 0.05) is 17.6 Å². The molecule has 2 heterocycles. The highest BCUT2D eigenvalue weighted by molar-refractivity contribution is 7.98. The van der Waals surface area contributed by atoms with Crippen molar-refractivity contribution in [3.63, 3.8) is 0 Å². The van der Waals surface area contributed by atoms with Gasteiger partial charge in [-0.2, -0.15) is 0 Å². The van der Waals surface area contributed by atoms with E-state index < -0.39 is 0 Å². The van der Waals surface area contributed by atoms with Gasteiger partial charge in [-0.05, 0) is 36.1 Å². The number of pyridine rings is 1. The van der Waals surface area contributed by atoms with Gasteiger partial charge in [-0.15, -0.1) is 22.0 Å². The fourth-order valence-corrected chi connectivity index (χ4v) is 2.40. The average Bonchev–Trinajstić information content (AvgIpc) is 3.00. The number of fused-ring (bicyclic) bond motifs is 1. The Morgan fingerprint density at radius 3 is 2.81 bits per heavy atom. The monoisotopic (exact) mass is 298 g/mol. The minimum atomic E-state index is -0.112. The van der Waals surface area contributed by atoms with Gasteiger partial charge < -0.3 is 5.32 Å². The normalized spacial score (nSPS) is 10.7. The first kappa shape index (κ1) is 13.6. The quantitative estimate of drug-likeness (QED) is 0.751. The summed E-state index contributed by atoms with van der Waals surface area (Å²) in [6, 6.07) is 11.7. The molecule has 1 aromatic carbocycles. The van der Waals surface area contributed by atoms with E-state index in [2.05, 4.69) is 27.6 Å². The van der Waals surface area contributed by atoms with Crippen molar-refractivity contribution in [1.82, 2.24) is 19.9 Å². The van der Waals surface area contributed by atoms with E-state index in [1.807, 2.05) is 18.4 Å². The zero-order valence-corrected chi connectivity index (χ0v) is 12.3. The largest absolute Gasteiger partial charge is 0.348 e. The third kappa shape index (κ3) is 3.05. The van der Waals surface area contributed by atoms with Gasteiger partial charge in [0.15, 0.2) is 5.65 Å². The number of nitrogens with zero attached hydrogens (tertiary/aromatic N) is 3. The Kier molecular flexibility index (Phi) is 3.87. The van der Waals surface area contributed by atoms with Gasteiger partial charge in [0.2, 0.25) is 0 Å². The van der Waals surface area contributed by atoms with E-state index in [0.29, 0.717) is 12.1 Å². The molecule has 0 unspecified atom stereocenters. The van der Waals surface area contributed by atoms with Gasteiger partial charge in [0.05, 0.1) is 5.56 Å². The molecule has 3 aromatic rings. The van der Waals surface area contributed by atoms with Crippen LogP contribution in [0.1, 0.15) is 15.9 Å². The van der Waals surface area contributed by atoms with Crippen molar-refractivity contribution in [3.8, 4) is 0 Å². The van der Waals surface area contributed by atoms with Gasteiger partial charge in [-0.25, -0.2) is 0 Å². The predicted molar refractivity (Wildman–Crippen MR) is 82.4 cm³/mol. The van der Waals surface area contributed by atoms with Crippen LogP contribution in [-0.2, 0) is 6.54 Å². The molecule has 3 rings (SSSR count). The molecule has 0 saturated carbocycles. The van der Waals surface area contributed by atoms with Crippen LogP contribution in [0.4, 0.5) is 0 Å². The molecule has 0 aliphatic carbocycles. The van der Waals surface area contributed by atoms with Gasteiger partial charge >= 0.3 is 0 Å². The molecule has 0 spiro atoms. The number of hydrogen-bond acceptors (Lipinski definition) is 4. The Labute approximate surface area is 126 Å². The molecular formula is C15H14N4OS. The summed E-state index contributed by atoms with van der Waals surface area (Å²) in [5.74, 6) is -0.112. The summed E-state index contributed by atoms with van der Waals surface area (Å²) in [6.45, 7) is 0.508. The van der Waals surface area contributed by atoms with Crippen LogP contribution in [0.2, 0.25) is 0 Å². The summed E-state index contributed by atoms with van der Waals surface area (Å²) < 4.78 is 1.72. The highest BCUT2D eigenvalue weighted by Gasteiger charge is 2.07. The second-order valence-corrected chi connectivity index (χ2v) is 5.42. The third-order valence-electron chi connectivity index (χ3n) is 3.17. The maximum Gasteiger partial charge on any atom is 0.253 e. The van der Waals surface area contributed by atoms with Crippen molar-refractivity contribution in [1.29, 1.82) is 0 Å². The molecule has 0 atom stereocenters. The Morgan fingerprint density at radius 2 is 2.05 bits per heavy atom. The standard InChI is InChI=1S/C15H14N4OS/c1-21-13-5-2-11(3-6-13)8-16-15(20)12-4-7-14-18-17-10-19(14)9-12/h2-7,9-10H,8H2,1H3,(H,16,20). The summed E-state index contributed by atoms with van der Waals surface area (Å²) in [4.78, 5) is 13.3. The van der Waals surface area contributed by atoms with Gasteiger partial charge in [-0.3, -0.25) is 9.20 Å². The summed E-state index contributed by atoms with van der Waals surface area (Å²) in [7, 11) is 0. The number of hydrogen-bond donors (Lipinski definition) is 1. The highest BCUT2D eigenvalue weighted by atomic mass is 32.2. The van der Waals surface area contributed by atoms with Crippen LogP contribution in [0.15, 0.2) is 53.8 Å². The van der Waals surface area contributed by atoms with Gasteiger partial charge in [-0.1, -0.05) is 12.1 Å². The number of carbonyl (C=O) groups excluding carboxylic acids is 1. The first-order valence-electron chi connectivity index (χ1n) is 6.47. The minimum Gasteiger partial charge on any atom is -0.348 e. The Hall–Kier alpha value is -2.34. The number of benzene rings is 1. The molecule has 0 fully saturated rings. The zero-order valence-electron chi connectivity index (χ0n) is 11.5. The van der Waals surface area contributed by atoms with E-state index >= 15 is 0 Å². The fourth-order valence-electron chi connectivity index (χ4n) is 1.99. The number of amides is 1. The van der Waals surface area contributed by atoms with Crippen LogP contribution in [0.3, 0.4) is 0 Å². The van der Waals surface area contributed by atoms with Crippen molar-refractivity contribution in [2.24, 2.45) is 0 Å². The molecule has 0 aliphatic rings. The van der Waals surface area contributed by atoms with Crippen LogP contribution in [0.5, 0.6) is 0 Å².